The maximum absolute atomic E-state index is 13.4. The van der Waals surface area contributed by atoms with Gasteiger partial charge >= 0.3 is 0 Å². The smallest absolute Gasteiger partial charge is 0.245 e. The quantitative estimate of drug-likeness (QED) is 0.508. The van der Waals surface area contributed by atoms with Gasteiger partial charge in [-0.05, 0) is 44.0 Å². The van der Waals surface area contributed by atoms with E-state index in [0.29, 0.717) is 25.3 Å². The van der Waals surface area contributed by atoms with Crippen LogP contribution in [0.5, 0.6) is 0 Å². The number of aryl methyl sites for hydroxylation is 2. The van der Waals surface area contributed by atoms with Gasteiger partial charge in [0.1, 0.15) is 11.9 Å². The summed E-state index contributed by atoms with van der Waals surface area (Å²) >= 11 is 0. The lowest BCUT2D eigenvalue weighted by molar-refractivity contribution is -0.137. The predicted octanol–water partition coefficient (Wildman–Crippen LogP) is 4.88. The SMILES string of the molecule is Cc1ccc(CC(Nc2ncccc2NC(C)c2ccc(C)cc2)C(=O)N2CC(C#N)C2)cc1. The number of aromatic nitrogens is 1. The van der Waals surface area contributed by atoms with Gasteiger partial charge in [0.05, 0.1) is 17.7 Å². The van der Waals surface area contributed by atoms with Crippen molar-refractivity contribution < 1.29 is 4.79 Å². The molecule has 2 aromatic carbocycles. The lowest BCUT2D eigenvalue weighted by Crippen LogP contribution is -2.55. The number of carbonyl (C=O) groups is 1. The molecule has 174 valence electrons. The molecule has 0 saturated carbocycles. The van der Waals surface area contributed by atoms with Gasteiger partial charge in [-0.3, -0.25) is 4.79 Å². The largest absolute Gasteiger partial charge is 0.376 e. The molecule has 0 aliphatic carbocycles. The van der Waals surface area contributed by atoms with Gasteiger partial charge in [0.15, 0.2) is 0 Å². The number of pyridine rings is 1. The summed E-state index contributed by atoms with van der Waals surface area (Å²) in [6, 6.07) is 22.4. The number of nitrogens with zero attached hydrogens (tertiary/aromatic N) is 3. The second-order valence-electron chi connectivity index (χ2n) is 9.13. The van der Waals surface area contributed by atoms with Crippen LogP contribution in [0.25, 0.3) is 0 Å². The first-order chi connectivity index (χ1) is 16.4. The van der Waals surface area contributed by atoms with Crippen LogP contribution in [-0.2, 0) is 11.2 Å². The molecular formula is C28H31N5O. The van der Waals surface area contributed by atoms with Gasteiger partial charge in [-0.25, -0.2) is 4.98 Å². The highest BCUT2D eigenvalue weighted by molar-refractivity contribution is 5.86. The minimum atomic E-state index is -0.479. The first-order valence-corrected chi connectivity index (χ1v) is 11.7. The van der Waals surface area contributed by atoms with Crippen LogP contribution >= 0.6 is 0 Å². The molecule has 2 N–H and O–H groups in total. The number of nitrogens with one attached hydrogen (secondary N) is 2. The molecule has 34 heavy (non-hydrogen) atoms. The van der Waals surface area contributed by atoms with Crippen molar-refractivity contribution in [1.29, 1.82) is 5.26 Å². The molecule has 0 bridgehead atoms. The molecule has 1 aromatic heterocycles. The normalized spacial score (nSPS) is 15.1. The number of hydrogen-bond donors (Lipinski definition) is 2. The minimum Gasteiger partial charge on any atom is -0.376 e. The summed E-state index contributed by atoms with van der Waals surface area (Å²) in [7, 11) is 0. The molecule has 1 aliphatic rings. The first kappa shape index (κ1) is 23.3. The van der Waals surface area contributed by atoms with Crippen LogP contribution in [0.2, 0.25) is 0 Å². The van der Waals surface area contributed by atoms with Crippen LogP contribution in [0.3, 0.4) is 0 Å². The van der Waals surface area contributed by atoms with Crippen LogP contribution in [0.4, 0.5) is 11.5 Å². The Balaban J connectivity index is 1.54. The van der Waals surface area contributed by atoms with Gasteiger partial charge in [0.25, 0.3) is 0 Å². The highest BCUT2D eigenvalue weighted by atomic mass is 16.2. The molecule has 4 rings (SSSR count). The number of benzene rings is 2. The summed E-state index contributed by atoms with van der Waals surface area (Å²) in [5, 5.41) is 16.1. The molecule has 2 atom stereocenters. The predicted molar refractivity (Wildman–Crippen MR) is 135 cm³/mol. The Morgan fingerprint density at radius 1 is 1.06 bits per heavy atom. The van der Waals surface area contributed by atoms with Crippen molar-refractivity contribution in [2.45, 2.75) is 39.3 Å². The Morgan fingerprint density at radius 2 is 1.71 bits per heavy atom. The third-order valence-corrected chi connectivity index (χ3v) is 6.30. The number of amides is 1. The fraction of sp³-hybridized carbons (Fsp3) is 0.321. The van der Waals surface area contributed by atoms with Crippen molar-refractivity contribution in [3.63, 3.8) is 0 Å². The summed E-state index contributed by atoms with van der Waals surface area (Å²) in [6.45, 7) is 7.21. The summed E-state index contributed by atoms with van der Waals surface area (Å²) in [5.74, 6) is 0.561. The molecule has 6 nitrogen and oxygen atoms in total. The Morgan fingerprint density at radius 3 is 2.35 bits per heavy atom. The number of rotatable bonds is 8. The molecule has 2 heterocycles. The Labute approximate surface area is 201 Å². The number of likely N-dealkylation sites (tertiary alicyclic amines) is 1. The highest BCUT2D eigenvalue weighted by Crippen LogP contribution is 2.27. The van der Waals surface area contributed by atoms with E-state index in [2.05, 4.69) is 84.1 Å². The third kappa shape index (κ3) is 5.55. The van der Waals surface area contributed by atoms with Crippen molar-refractivity contribution in [2.75, 3.05) is 23.7 Å². The van der Waals surface area contributed by atoms with Crippen LogP contribution in [0.15, 0.2) is 66.9 Å². The van der Waals surface area contributed by atoms with Crippen molar-refractivity contribution in [3.05, 3.63) is 89.1 Å². The van der Waals surface area contributed by atoms with Gasteiger partial charge in [0, 0.05) is 31.7 Å². The van der Waals surface area contributed by atoms with Gasteiger partial charge in [-0.15, -0.1) is 0 Å². The summed E-state index contributed by atoms with van der Waals surface area (Å²) in [4.78, 5) is 19.7. The van der Waals surface area contributed by atoms with Crippen molar-refractivity contribution >= 4 is 17.4 Å². The zero-order valence-electron chi connectivity index (χ0n) is 20.0. The summed E-state index contributed by atoms with van der Waals surface area (Å²) in [5.41, 5.74) is 5.50. The number of carbonyl (C=O) groups excluding carboxylic acids is 1. The van der Waals surface area contributed by atoms with Gasteiger partial charge in [-0.2, -0.15) is 5.26 Å². The van der Waals surface area contributed by atoms with E-state index < -0.39 is 6.04 Å². The standard InChI is InChI=1S/C28H31N5O/c1-19-6-10-22(11-7-19)15-26(28(34)33-17-23(16-29)18-33)32-27-25(5-4-14-30-27)31-21(3)24-12-8-20(2)9-13-24/h4-14,21,23,26,31H,15,17-18H2,1-3H3,(H,30,32). The monoisotopic (exact) mass is 453 g/mol. The van der Waals surface area contributed by atoms with E-state index in [1.165, 1.54) is 16.7 Å². The molecule has 2 unspecified atom stereocenters. The van der Waals surface area contributed by atoms with E-state index >= 15 is 0 Å². The average Bonchev–Trinajstić information content (AvgIpc) is 2.81. The number of nitriles is 1. The van der Waals surface area contributed by atoms with Crippen molar-refractivity contribution in [3.8, 4) is 6.07 Å². The lowest BCUT2D eigenvalue weighted by Gasteiger charge is -2.38. The molecule has 0 radical (unpaired) electrons. The zero-order chi connectivity index (χ0) is 24.1. The number of hydrogen-bond acceptors (Lipinski definition) is 5. The molecule has 1 fully saturated rings. The van der Waals surface area contributed by atoms with E-state index in [-0.39, 0.29) is 17.9 Å². The number of anilines is 2. The van der Waals surface area contributed by atoms with E-state index in [4.69, 9.17) is 5.26 Å². The molecule has 1 saturated heterocycles. The molecule has 1 aliphatic heterocycles. The maximum atomic E-state index is 13.4. The van der Waals surface area contributed by atoms with Gasteiger partial charge < -0.3 is 15.5 Å². The zero-order valence-corrected chi connectivity index (χ0v) is 20.0. The Bertz CT molecular complexity index is 1160. The fourth-order valence-electron chi connectivity index (χ4n) is 4.09. The Kier molecular flexibility index (Phi) is 7.12. The first-order valence-electron chi connectivity index (χ1n) is 11.7. The maximum Gasteiger partial charge on any atom is 0.245 e. The van der Waals surface area contributed by atoms with Crippen LogP contribution in [-0.4, -0.2) is 34.9 Å². The fourth-order valence-corrected chi connectivity index (χ4v) is 4.09. The van der Waals surface area contributed by atoms with E-state index in [9.17, 15) is 4.79 Å². The summed E-state index contributed by atoms with van der Waals surface area (Å²) < 4.78 is 0. The minimum absolute atomic E-state index is 0.00439. The van der Waals surface area contributed by atoms with Crippen LogP contribution in [0, 0.1) is 31.1 Å². The second kappa shape index (κ2) is 10.4. The molecule has 6 heteroatoms. The molecule has 0 spiro atoms. The highest BCUT2D eigenvalue weighted by Gasteiger charge is 2.35. The Hall–Kier alpha value is -3.85. The van der Waals surface area contributed by atoms with Crippen LogP contribution < -0.4 is 10.6 Å². The second-order valence-corrected chi connectivity index (χ2v) is 9.13. The molecule has 3 aromatic rings. The van der Waals surface area contributed by atoms with Crippen molar-refractivity contribution in [1.82, 2.24) is 9.88 Å². The topological polar surface area (TPSA) is 81.1 Å². The van der Waals surface area contributed by atoms with Crippen molar-refractivity contribution in [2.24, 2.45) is 5.92 Å². The van der Waals surface area contributed by atoms with E-state index in [0.717, 1.165) is 11.3 Å². The average molecular weight is 454 g/mol. The van der Waals surface area contributed by atoms with E-state index in [1.54, 1.807) is 11.1 Å². The molecule has 1 amide bonds. The van der Waals surface area contributed by atoms with Gasteiger partial charge in [-0.1, -0.05) is 59.7 Å². The summed E-state index contributed by atoms with van der Waals surface area (Å²) in [6.07, 6.45) is 2.27. The lowest BCUT2D eigenvalue weighted by atomic mass is 9.98. The van der Waals surface area contributed by atoms with Crippen LogP contribution in [0.1, 0.15) is 35.2 Å². The molecular weight excluding hydrogens is 422 g/mol. The van der Waals surface area contributed by atoms with E-state index in [1.807, 2.05) is 19.1 Å². The third-order valence-electron chi connectivity index (χ3n) is 6.30. The van der Waals surface area contributed by atoms with Gasteiger partial charge in [0.2, 0.25) is 5.91 Å².